The summed E-state index contributed by atoms with van der Waals surface area (Å²) in [4.78, 5) is 73.4. The maximum absolute atomic E-state index is 14.2. The molecule has 0 radical (unpaired) electrons. The lowest BCUT2D eigenvalue weighted by molar-refractivity contribution is -0.136. The summed E-state index contributed by atoms with van der Waals surface area (Å²) in [5, 5.41) is 7.53. The van der Waals surface area contributed by atoms with Crippen LogP contribution in [0.5, 0.6) is 5.75 Å². The zero-order chi connectivity index (χ0) is 45.4. The number of aromatic amines is 2. The SMILES string of the molecule is CC[C@H](C)[C@H](NC(=O)OC)C(=O)N1C[C@@H](C)C[C@H]1c1ncc(-c2ccc3c(c2)COc2cc4c(ccc5nc([C@@H]6C[C@H](COC)CN6C(=O)[C@@H](NC(=O)OC)[C@@H](C)CC)[nH]c54)cc2-3)[nH]1. The molecule has 0 bridgehead atoms. The van der Waals surface area contributed by atoms with E-state index in [-0.39, 0.29) is 47.6 Å². The number of fused-ring (bicyclic) bond motifs is 6. The number of carbonyl (C=O) groups is 4. The molecule has 64 heavy (non-hydrogen) atoms. The number of H-pyrrole nitrogens is 2. The molecule has 4 amide bonds. The average Bonchev–Trinajstić information content (AvgIpc) is 4.14. The fourth-order valence-electron chi connectivity index (χ4n) is 9.72. The highest BCUT2D eigenvalue weighted by Gasteiger charge is 2.43. The lowest BCUT2D eigenvalue weighted by Gasteiger charge is -2.30. The molecule has 3 aliphatic heterocycles. The molecule has 2 fully saturated rings. The van der Waals surface area contributed by atoms with Gasteiger partial charge in [0.25, 0.3) is 0 Å². The fraction of sp³-hybridized carbons (Fsp3) is 0.500. The van der Waals surface area contributed by atoms with Crippen LogP contribution in [-0.2, 0) is 30.4 Å². The van der Waals surface area contributed by atoms with Gasteiger partial charge in [0.15, 0.2) is 0 Å². The van der Waals surface area contributed by atoms with Crippen molar-refractivity contribution in [2.45, 2.75) is 91.1 Å². The topological polar surface area (TPSA) is 193 Å². The maximum atomic E-state index is 14.2. The first kappa shape index (κ1) is 44.4. The molecule has 0 unspecified atom stereocenters. The molecule has 3 aliphatic rings. The van der Waals surface area contributed by atoms with Gasteiger partial charge in [-0.1, -0.05) is 65.7 Å². The summed E-state index contributed by atoms with van der Waals surface area (Å²) >= 11 is 0. The second-order valence-electron chi connectivity index (χ2n) is 17.9. The fourth-order valence-corrected chi connectivity index (χ4v) is 9.72. The molecule has 2 aromatic heterocycles. The molecule has 4 N–H and O–H groups in total. The molecule has 0 spiro atoms. The van der Waals surface area contributed by atoms with Gasteiger partial charge in [0, 0.05) is 37.1 Å². The number of rotatable bonds is 13. The van der Waals surface area contributed by atoms with Gasteiger partial charge in [0.1, 0.15) is 36.1 Å². The summed E-state index contributed by atoms with van der Waals surface area (Å²) in [7, 11) is 4.26. The molecule has 2 saturated heterocycles. The molecular weight excluding hydrogens is 817 g/mol. The number of hydrogen-bond acceptors (Lipinski definition) is 10. The quantitative estimate of drug-likeness (QED) is 0.0913. The van der Waals surface area contributed by atoms with Gasteiger partial charge in [-0.3, -0.25) is 9.59 Å². The summed E-state index contributed by atoms with van der Waals surface area (Å²) in [6, 6.07) is 12.6. The number of benzene rings is 3. The highest BCUT2D eigenvalue weighted by atomic mass is 16.5. The van der Waals surface area contributed by atoms with Crippen LogP contribution in [0.1, 0.15) is 89.6 Å². The summed E-state index contributed by atoms with van der Waals surface area (Å²) in [5.41, 5.74) is 6.53. The summed E-state index contributed by atoms with van der Waals surface area (Å²) < 4.78 is 21.7. The highest BCUT2D eigenvalue weighted by molar-refractivity contribution is 6.07. The van der Waals surface area contributed by atoms with Crippen LogP contribution in [0.4, 0.5) is 9.59 Å². The van der Waals surface area contributed by atoms with Crippen molar-refractivity contribution in [1.29, 1.82) is 0 Å². The zero-order valence-corrected chi connectivity index (χ0v) is 37.9. The number of hydrogen-bond donors (Lipinski definition) is 4. The van der Waals surface area contributed by atoms with Crippen molar-refractivity contribution in [3.63, 3.8) is 0 Å². The van der Waals surface area contributed by atoms with E-state index < -0.39 is 24.3 Å². The van der Waals surface area contributed by atoms with Crippen LogP contribution in [0.25, 0.3) is 44.2 Å². The van der Waals surface area contributed by atoms with Crippen LogP contribution in [0.3, 0.4) is 0 Å². The maximum Gasteiger partial charge on any atom is 0.407 e. The molecule has 16 nitrogen and oxygen atoms in total. The molecule has 5 heterocycles. The van der Waals surface area contributed by atoms with Gasteiger partial charge in [-0.05, 0) is 76.9 Å². The van der Waals surface area contributed by atoms with Crippen molar-refractivity contribution in [3.05, 3.63) is 65.9 Å². The Labute approximate surface area is 373 Å². The molecule has 0 saturated carbocycles. The lowest BCUT2D eigenvalue weighted by atomic mass is 9.92. The monoisotopic (exact) mass is 876 g/mol. The number of carbonyl (C=O) groups excluding carboxylic acids is 4. The number of aromatic nitrogens is 4. The minimum Gasteiger partial charge on any atom is -0.488 e. The zero-order valence-electron chi connectivity index (χ0n) is 37.9. The Morgan fingerprint density at radius 1 is 0.828 bits per heavy atom. The first-order chi connectivity index (χ1) is 30.8. The van der Waals surface area contributed by atoms with E-state index in [0.717, 1.165) is 68.3 Å². The van der Waals surface area contributed by atoms with Crippen molar-refractivity contribution in [3.8, 4) is 28.1 Å². The Hall–Kier alpha value is -6.16. The Balaban J connectivity index is 1.05. The van der Waals surface area contributed by atoms with Crippen molar-refractivity contribution in [1.82, 2.24) is 40.4 Å². The molecule has 16 heteroatoms. The molecule has 0 aliphatic carbocycles. The third kappa shape index (κ3) is 8.47. The Morgan fingerprint density at radius 2 is 1.50 bits per heavy atom. The van der Waals surface area contributed by atoms with Crippen molar-refractivity contribution >= 4 is 45.8 Å². The average molecular weight is 877 g/mol. The van der Waals surface area contributed by atoms with E-state index >= 15 is 0 Å². The van der Waals surface area contributed by atoms with Gasteiger partial charge in [-0.2, -0.15) is 0 Å². The minimum atomic E-state index is -0.748. The number of likely N-dealkylation sites (tertiary alicyclic amines) is 2. The van der Waals surface area contributed by atoms with Crippen molar-refractivity contribution in [2.75, 3.05) is 41.0 Å². The van der Waals surface area contributed by atoms with E-state index in [2.05, 4.69) is 63.9 Å². The second kappa shape index (κ2) is 18.5. The third-order valence-electron chi connectivity index (χ3n) is 13.7. The van der Waals surface area contributed by atoms with E-state index in [0.29, 0.717) is 50.8 Å². The number of methoxy groups -OCH3 is 3. The van der Waals surface area contributed by atoms with Crippen LogP contribution in [-0.4, -0.2) is 107 Å². The van der Waals surface area contributed by atoms with Crippen molar-refractivity contribution < 1.29 is 38.1 Å². The van der Waals surface area contributed by atoms with Gasteiger partial charge in [0.2, 0.25) is 11.8 Å². The molecule has 340 valence electrons. The van der Waals surface area contributed by atoms with Crippen LogP contribution in [0.2, 0.25) is 0 Å². The number of imidazole rings is 2. The molecule has 5 aromatic rings. The Morgan fingerprint density at radius 3 is 2.16 bits per heavy atom. The van der Waals surface area contributed by atoms with E-state index in [9.17, 15) is 19.2 Å². The smallest absolute Gasteiger partial charge is 0.407 e. The van der Waals surface area contributed by atoms with Gasteiger partial charge in [-0.15, -0.1) is 0 Å². The predicted molar refractivity (Wildman–Crippen MR) is 241 cm³/mol. The second-order valence-corrected chi connectivity index (χ2v) is 17.9. The first-order valence-electron chi connectivity index (χ1n) is 22.4. The highest BCUT2D eigenvalue weighted by Crippen LogP contribution is 2.44. The van der Waals surface area contributed by atoms with Gasteiger partial charge in [-0.25, -0.2) is 19.6 Å². The summed E-state index contributed by atoms with van der Waals surface area (Å²) in [6.07, 6.45) is 3.38. The number of alkyl carbamates (subject to hydrolysis) is 2. The summed E-state index contributed by atoms with van der Waals surface area (Å²) in [6.45, 7) is 11.9. The largest absolute Gasteiger partial charge is 0.488 e. The standard InChI is InChI=1S/C48H60N8O8/c1-9-26(4)40(53-47(59)62-7)45(57)55-21-25(3)15-37(55)43-49-20-36(51-43)30-11-13-32-31(17-30)24-64-39-19-33-29(18-34(32)39)12-14-35-42(33)52-44(50-35)38-16-28(23-61-6)22-56(38)46(58)41(27(5)10-2)54-48(60)63-8/h11-14,17-20,25-28,37-38,40-41H,9-10,15-16,21-24H2,1-8H3,(H,49,51)(H,50,52)(H,53,59)(H,54,60)/t25-,26-,27-,28-,37-,38-,40-,41-/m0/s1. The van der Waals surface area contributed by atoms with E-state index in [1.54, 1.807) is 7.11 Å². The number of ether oxygens (including phenoxy) is 4. The van der Waals surface area contributed by atoms with Crippen LogP contribution >= 0.6 is 0 Å². The molecule has 8 rings (SSSR count). The first-order valence-corrected chi connectivity index (χ1v) is 22.4. The normalized spacial score (nSPS) is 21.1. The van der Waals surface area contributed by atoms with Gasteiger partial charge >= 0.3 is 12.2 Å². The van der Waals surface area contributed by atoms with E-state index in [1.807, 2.05) is 49.8 Å². The van der Waals surface area contributed by atoms with Gasteiger partial charge in [0.05, 0.1) is 55.8 Å². The Kier molecular flexibility index (Phi) is 12.9. The van der Waals surface area contributed by atoms with Crippen molar-refractivity contribution in [2.24, 2.45) is 23.7 Å². The van der Waals surface area contributed by atoms with Gasteiger partial charge < -0.3 is 49.3 Å². The number of nitrogens with zero attached hydrogens (tertiary/aromatic N) is 4. The van der Waals surface area contributed by atoms with E-state index in [1.165, 1.54) is 14.2 Å². The number of amides is 4. The van der Waals surface area contributed by atoms with Crippen LogP contribution in [0.15, 0.2) is 48.7 Å². The minimum absolute atomic E-state index is 0.0791. The van der Waals surface area contributed by atoms with Crippen LogP contribution < -0.4 is 15.4 Å². The predicted octanol–water partition coefficient (Wildman–Crippen LogP) is 7.65. The summed E-state index contributed by atoms with van der Waals surface area (Å²) in [5.74, 6) is 2.01. The third-order valence-corrected chi connectivity index (χ3v) is 13.7. The van der Waals surface area contributed by atoms with E-state index in [4.69, 9.17) is 28.9 Å². The Bertz CT molecular complexity index is 2550. The molecule has 3 aromatic carbocycles. The number of nitrogens with one attached hydrogen (secondary N) is 4. The molecular formula is C48H60N8O8. The molecule has 8 atom stereocenters. The van der Waals surface area contributed by atoms with Crippen LogP contribution in [0, 0.1) is 23.7 Å². The lowest BCUT2D eigenvalue weighted by Crippen LogP contribution is -2.51.